The van der Waals surface area contributed by atoms with Gasteiger partial charge in [-0.15, -0.1) is 11.8 Å². The Morgan fingerprint density at radius 1 is 1.13 bits per heavy atom. The van der Waals surface area contributed by atoms with Gasteiger partial charge in [0.25, 0.3) is 0 Å². The Morgan fingerprint density at radius 2 is 1.73 bits per heavy atom. The molecule has 2 N–H and O–H groups in total. The van der Waals surface area contributed by atoms with Crippen molar-refractivity contribution in [1.82, 2.24) is 0 Å². The molecule has 0 spiro atoms. The molecule has 0 saturated heterocycles. The lowest BCUT2D eigenvalue weighted by molar-refractivity contribution is 0.0680. The van der Waals surface area contributed by atoms with E-state index >= 15 is 0 Å². The zero-order chi connectivity index (χ0) is 11.1. The minimum Gasteiger partial charge on any atom is -0.396 e. The molecular formula is C12H18O2S. The molecule has 0 atom stereocenters. The van der Waals surface area contributed by atoms with Crippen LogP contribution in [0.5, 0.6) is 0 Å². The molecule has 0 saturated carbocycles. The molecule has 0 unspecified atom stereocenters. The van der Waals surface area contributed by atoms with Gasteiger partial charge in [-0.2, -0.15) is 0 Å². The summed E-state index contributed by atoms with van der Waals surface area (Å²) in [5.41, 5.74) is -0.345. The fourth-order valence-corrected chi connectivity index (χ4v) is 2.32. The summed E-state index contributed by atoms with van der Waals surface area (Å²) in [5, 5.41) is 18.2. The van der Waals surface area contributed by atoms with Gasteiger partial charge in [-0.3, -0.25) is 0 Å². The molecule has 0 amide bonds. The lowest BCUT2D eigenvalue weighted by Gasteiger charge is -2.23. The predicted octanol–water partition coefficient (Wildman–Crippen LogP) is 2.16. The SMILES string of the molecule is CC(CO)(CO)CCSc1ccccc1. The molecule has 2 nitrogen and oxygen atoms in total. The molecule has 1 rings (SSSR count). The maximum absolute atomic E-state index is 9.11. The molecule has 0 aliphatic heterocycles. The minimum atomic E-state index is -0.345. The molecule has 0 fully saturated rings. The molecule has 0 heterocycles. The van der Waals surface area contributed by atoms with Crippen molar-refractivity contribution in [3.8, 4) is 0 Å². The van der Waals surface area contributed by atoms with E-state index in [0.29, 0.717) is 0 Å². The fraction of sp³-hybridized carbons (Fsp3) is 0.500. The van der Waals surface area contributed by atoms with E-state index in [2.05, 4.69) is 12.1 Å². The van der Waals surface area contributed by atoms with Crippen LogP contribution in [-0.2, 0) is 0 Å². The Bertz CT molecular complexity index is 270. The summed E-state index contributed by atoms with van der Waals surface area (Å²) < 4.78 is 0. The van der Waals surface area contributed by atoms with Crippen LogP contribution in [0, 0.1) is 5.41 Å². The van der Waals surface area contributed by atoms with E-state index in [1.165, 1.54) is 4.90 Å². The zero-order valence-electron chi connectivity index (χ0n) is 9.02. The first-order valence-electron chi connectivity index (χ1n) is 5.10. The Kier molecular flexibility index (Phi) is 5.15. The maximum atomic E-state index is 9.11. The summed E-state index contributed by atoms with van der Waals surface area (Å²) in [6.07, 6.45) is 0.819. The predicted molar refractivity (Wildman–Crippen MR) is 64.1 cm³/mol. The van der Waals surface area contributed by atoms with Crippen LogP contribution in [0.3, 0.4) is 0 Å². The lowest BCUT2D eigenvalue weighted by Crippen LogP contribution is -2.26. The summed E-state index contributed by atoms with van der Waals surface area (Å²) in [4.78, 5) is 1.23. The van der Waals surface area contributed by atoms with Gasteiger partial charge in [0.15, 0.2) is 0 Å². The zero-order valence-corrected chi connectivity index (χ0v) is 9.83. The molecule has 0 aromatic heterocycles. The Labute approximate surface area is 95.3 Å². The minimum absolute atomic E-state index is 0.0405. The maximum Gasteiger partial charge on any atom is 0.0507 e. The third kappa shape index (κ3) is 4.24. The Morgan fingerprint density at radius 3 is 2.27 bits per heavy atom. The molecule has 84 valence electrons. The highest BCUT2D eigenvalue weighted by molar-refractivity contribution is 7.99. The smallest absolute Gasteiger partial charge is 0.0507 e. The molecule has 0 aliphatic rings. The second-order valence-corrected chi connectivity index (χ2v) is 5.21. The number of thioether (sulfide) groups is 1. The third-order valence-corrected chi connectivity index (χ3v) is 3.49. The van der Waals surface area contributed by atoms with E-state index in [4.69, 9.17) is 10.2 Å². The number of rotatable bonds is 6. The number of benzene rings is 1. The summed E-state index contributed by atoms with van der Waals surface area (Å²) in [5.74, 6) is 0.918. The first kappa shape index (κ1) is 12.6. The largest absolute Gasteiger partial charge is 0.396 e. The summed E-state index contributed by atoms with van der Waals surface area (Å²) >= 11 is 1.76. The Balaban J connectivity index is 2.33. The highest BCUT2D eigenvalue weighted by Crippen LogP contribution is 2.25. The second-order valence-electron chi connectivity index (χ2n) is 4.04. The standard InChI is InChI=1S/C12H18O2S/c1-12(9-13,10-14)7-8-15-11-5-3-2-4-6-11/h2-6,13-14H,7-10H2,1H3. The van der Waals surface area contributed by atoms with E-state index in [1.807, 2.05) is 25.1 Å². The van der Waals surface area contributed by atoms with Crippen LogP contribution in [0.25, 0.3) is 0 Å². The summed E-state index contributed by atoms with van der Waals surface area (Å²) in [6.45, 7) is 1.98. The van der Waals surface area contributed by atoms with Crippen molar-refractivity contribution in [2.75, 3.05) is 19.0 Å². The van der Waals surface area contributed by atoms with Gasteiger partial charge < -0.3 is 10.2 Å². The molecule has 15 heavy (non-hydrogen) atoms. The quantitative estimate of drug-likeness (QED) is 0.730. The highest BCUT2D eigenvalue weighted by Gasteiger charge is 2.21. The highest BCUT2D eigenvalue weighted by atomic mass is 32.2. The lowest BCUT2D eigenvalue weighted by atomic mass is 9.90. The van der Waals surface area contributed by atoms with Gasteiger partial charge in [0.1, 0.15) is 0 Å². The van der Waals surface area contributed by atoms with Gasteiger partial charge in [0.2, 0.25) is 0 Å². The van der Waals surface area contributed by atoms with E-state index < -0.39 is 0 Å². The van der Waals surface area contributed by atoms with Crippen molar-refractivity contribution in [3.63, 3.8) is 0 Å². The van der Waals surface area contributed by atoms with E-state index in [-0.39, 0.29) is 18.6 Å². The van der Waals surface area contributed by atoms with Crippen LogP contribution in [-0.4, -0.2) is 29.2 Å². The van der Waals surface area contributed by atoms with Gasteiger partial charge in [-0.25, -0.2) is 0 Å². The number of hydrogen-bond donors (Lipinski definition) is 2. The molecule has 1 aromatic rings. The van der Waals surface area contributed by atoms with Gasteiger partial charge in [-0.05, 0) is 24.3 Å². The van der Waals surface area contributed by atoms with Crippen LogP contribution < -0.4 is 0 Å². The summed E-state index contributed by atoms with van der Waals surface area (Å²) in [7, 11) is 0. The first-order chi connectivity index (χ1) is 7.20. The van der Waals surface area contributed by atoms with Gasteiger partial charge >= 0.3 is 0 Å². The van der Waals surface area contributed by atoms with Crippen LogP contribution in [0.1, 0.15) is 13.3 Å². The monoisotopic (exact) mass is 226 g/mol. The van der Waals surface area contributed by atoms with Crippen LogP contribution in [0.15, 0.2) is 35.2 Å². The number of hydrogen-bond acceptors (Lipinski definition) is 3. The van der Waals surface area contributed by atoms with Crippen molar-refractivity contribution < 1.29 is 10.2 Å². The third-order valence-electron chi connectivity index (χ3n) is 2.48. The molecule has 0 radical (unpaired) electrons. The normalized spacial score (nSPS) is 11.7. The topological polar surface area (TPSA) is 40.5 Å². The van der Waals surface area contributed by atoms with Crippen molar-refractivity contribution in [2.24, 2.45) is 5.41 Å². The van der Waals surface area contributed by atoms with E-state index in [1.54, 1.807) is 11.8 Å². The number of aliphatic hydroxyl groups is 2. The second kappa shape index (κ2) is 6.16. The van der Waals surface area contributed by atoms with Crippen LogP contribution in [0.2, 0.25) is 0 Å². The van der Waals surface area contributed by atoms with Gasteiger partial charge in [0.05, 0.1) is 13.2 Å². The molecule has 0 bridgehead atoms. The molecule has 0 aliphatic carbocycles. The Hall–Kier alpha value is -0.510. The van der Waals surface area contributed by atoms with E-state index in [0.717, 1.165) is 12.2 Å². The molecular weight excluding hydrogens is 208 g/mol. The van der Waals surface area contributed by atoms with E-state index in [9.17, 15) is 0 Å². The fourth-order valence-electron chi connectivity index (χ4n) is 1.14. The van der Waals surface area contributed by atoms with Crippen molar-refractivity contribution in [2.45, 2.75) is 18.2 Å². The van der Waals surface area contributed by atoms with Gasteiger partial charge in [-0.1, -0.05) is 25.1 Å². The number of aliphatic hydroxyl groups excluding tert-OH is 2. The van der Waals surface area contributed by atoms with Crippen LogP contribution >= 0.6 is 11.8 Å². The van der Waals surface area contributed by atoms with Crippen molar-refractivity contribution >= 4 is 11.8 Å². The average molecular weight is 226 g/mol. The van der Waals surface area contributed by atoms with Gasteiger partial charge in [0, 0.05) is 10.3 Å². The molecule has 1 aromatic carbocycles. The first-order valence-corrected chi connectivity index (χ1v) is 6.08. The van der Waals surface area contributed by atoms with Crippen molar-refractivity contribution in [1.29, 1.82) is 0 Å². The molecule has 3 heteroatoms. The summed E-state index contributed by atoms with van der Waals surface area (Å²) in [6, 6.07) is 10.2. The average Bonchev–Trinajstić information content (AvgIpc) is 2.30. The van der Waals surface area contributed by atoms with Crippen LogP contribution in [0.4, 0.5) is 0 Å². The van der Waals surface area contributed by atoms with Crippen molar-refractivity contribution in [3.05, 3.63) is 30.3 Å².